The number of nitrogens with zero attached hydrogens (tertiary/aromatic N) is 2. The first-order valence-corrected chi connectivity index (χ1v) is 6.60. The lowest BCUT2D eigenvalue weighted by molar-refractivity contribution is 0.0687. The van der Waals surface area contributed by atoms with Crippen molar-refractivity contribution in [2.45, 2.75) is 0 Å². The number of rotatable bonds is 4. The van der Waals surface area contributed by atoms with Crippen molar-refractivity contribution >= 4 is 17.0 Å². The standard InChI is InChI=1S/C16H11FN2O4/c1-22-13-8-9(17)6-7-12(13)23-15-14(16(20)21)18-10-4-2-3-5-11(10)19-15/h2-8H,1H3,(H,20,21). The first kappa shape index (κ1) is 14.7. The van der Waals surface area contributed by atoms with E-state index >= 15 is 0 Å². The van der Waals surface area contributed by atoms with Gasteiger partial charge in [-0.3, -0.25) is 0 Å². The lowest BCUT2D eigenvalue weighted by atomic mass is 10.3. The summed E-state index contributed by atoms with van der Waals surface area (Å²) in [5.41, 5.74) is 0.576. The lowest BCUT2D eigenvalue weighted by Gasteiger charge is -2.11. The zero-order chi connectivity index (χ0) is 16.4. The summed E-state index contributed by atoms with van der Waals surface area (Å²) in [6, 6.07) is 10.4. The summed E-state index contributed by atoms with van der Waals surface area (Å²) in [5, 5.41) is 9.30. The van der Waals surface area contributed by atoms with Crippen LogP contribution in [-0.4, -0.2) is 28.2 Å². The molecule has 3 rings (SSSR count). The van der Waals surface area contributed by atoms with Gasteiger partial charge in [-0.25, -0.2) is 19.2 Å². The zero-order valence-electron chi connectivity index (χ0n) is 12.0. The molecule has 3 aromatic rings. The second kappa shape index (κ2) is 5.88. The van der Waals surface area contributed by atoms with Crippen LogP contribution in [-0.2, 0) is 0 Å². The molecular weight excluding hydrogens is 303 g/mol. The Kier molecular flexibility index (Phi) is 3.76. The topological polar surface area (TPSA) is 81.5 Å². The third-order valence-electron chi connectivity index (χ3n) is 3.07. The maximum Gasteiger partial charge on any atom is 0.360 e. The minimum Gasteiger partial charge on any atom is -0.493 e. The van der Waals surface area contributed by atoms with Crippen molar-refractivity contribution in [3.05, 3.63) is 54.0 Å². The average Bonchev–Trinajstić information content (AvgIpc) is 2.55. The molecule has 23 heavy (non-hydrogen) atoms. The van der Waals surface area contributed by atoms with Crippen molar-refractivity contribution in [1.29, 1.82) is 0 Å². The molecule has 0 saturated carbocycles. The van der Waals surface area contributed by atoms with Crippen molar-refractivity contribution in [2.24, 2.45) is 0 Å². The number of carboxylic acids is 1. The van der Waals surface area contributed by atoms with Gasteiger partial charge in [0.2, 0.25) is 5.69 Å². The van der Waals surface area contributed by atoms with Crippen LogP contribution in [0.5, 0.6) is 17.4 Å². The van der Waals surface area contributed by atoms with E-state index in [0.717, 1.165) is 6.07 Å². The van der Waals surface area contributed by atoms with Crippen LogP contribution in [0.3, 0.4) is 0 Å². The summed E-state index contributed by atoms with van der Waals surface area (Å²) in [7, 11) is 1.35. The van der Waals surface area contributed by atoms with Gasteiger partial charge in [0.1, 0.15) is 5.82 Å². The number of halogens is 1. The van der Waals surface area contributed by atoms with Gasteiger partial charge < -0.3 is 14.6 Å². The molecule has 1 heterocycles. The molecule has 2 aromatic carbocycles. The number of para-hydroxylation sites is 2. The Bertz CT molecular complexity index is 898. The van der Waals surface area contributed by atoms with Crippen LogP contribution in [0.25, 0.3) is 11.0 Å². The van der Waals surface area contributed by atoms with Crippen LogP contribution < -0.4 is 9.47 Å². The molecule has 0 radical (unpaired) electrons. The second-order valence-corrected chi connectivity index (χ2v) is 4.57. The minimum absolute atomic E-state index is 0.122. The smallest absolute Gasteiger partial charge is 0.360 e. The number of hydrogen-bond donors (Lipinski definition) is 1. The predicted octanol–water partition coefficient (Wildman–Crippen LogP) is 3.27. The van der Waals surface area contributed by atoms with Gasteiger partial charge in [0.15, 0.2) is 11.5 Å². The highest BCUT2D eigenvalue weighted by Crippen LogP contribution is 2.33. The fourth-order valence-electron chi connectivity index (χ4n) is 2.02. The summed E-state index contributed by atoms with van der Waals surface area (Å²) < 4.78 is 23.8. The Morgan fingerprint density at radius 2 is 1.78 bits per heavy atom. The number of hydrogen-bond acceptors (Lipinski definition) is 5. The minimum atomic E-state index is -1.28. The van der Waals surface area contributed by atoms with E-state index in [0.29, 0.717) is 11.0 Å². The largest absolute Gasteiger partial charge is 0.493 e. The van der Waals surface area contributed by atoms with Crippen molar-refractivity contribution in [3.63, 3.8) is 0 Å². The highest BCUT2D eigenvalue weighted by Gasteiger charge is 2.19. The third kappa shape index (κ3) is 2.89. The molecule has 7 heteroatoms. The van der Waals surface area contributed by atoms with E-state index in [-0.39, 0.29) is 23.1 Å². The van der Waals surface area contributed by atoms with Gasteiger partial charge in [0, 0.05) is 6.07 Å². The van der Waals surface area contributed by atoms with E-state index in [2.05, 4.69) is 9.97 Å². The van der Waals surface area contributed by atoms with Crippen LogP contribution in [0, 0.1) is 5.82 Å². The molecule has 0 saturated heterocycles. The molecule has 1 N–H and O–H groups in total. The highest BCUT2D eigenvalue weighted by molar-refractivity contribution is 5.91. The van der Waals surface area contributed by atoms with Crippen molar-refractivity contribution in [2.75, 3.05) is 7.11 Å². The highest BCUT2D eigenvalue weighted by atomic mass is 19.1. The molecule has 0 spiro atoms. The van der Waals surface area contributed by atoms with E-state index in [4.69, 9.17) is 9.47 Å². The Morgan fingerprint density at radius 1 is 1.09 bits per heavy atom. The van der Waals surface area contributed by atoms with E-state index in [1.807, 2.05) is 0 Å². The first-order chi connectivity index (χ1) is 11.1. The van der Waals surface area contributed by atoms with E-state index in [1.54, 1.807) is 24.3 Å². The van der Waals surface area contributed by atoms with Gasteiger partial charge in [-0.15, -0.1) is 0 Å². The predicted molar refractivity (Wildman–Crippen MR) is 79.5 cm³/mol. The fourth-order valence-corrected chi connectivity index (χ4v) is 2.02. The molecule has 1 aromatic heterocycles. The van der Waals surface area contributed by atoms with E-state index in [9.17, 15) is 14.3 Å². The second-order valence-electron chi connectivity index (χ2n) is 4.57. The number of carboxylic acid groups (broad SMARTS) is 1. The SMILES string of the molecule is COc1cc(F)ccc1Oc1nc2ccccc2nc1C(=O)O. The number of fused-ring (bicyclic) bond motifs is 1. The van der Waals surface area contributed by atoms with E-state index in [1.165, 1.54) is 19.2 Å². The van der Waals surface area contributed by atoms with Crippen molar-refractivity contribution in [1.82, 2.24) is 9.97 Å². The normalized spacial score (nSPS) is 10.5. The number of aromatic nitrogens is 2. The molecule has 116 valence electrons. The van der Waals surface area contributed by atoms with Crippen molar-refractivity contribution in [3.8, 4) is 17.4 Å². The van der Waals surface area contributed by atoms with Gasteiger partial charge in [-0.05, 0) is 24.3 Å². The molecule has 6 nitrogen and oxygen atoms in total. The van der Waals surface area contributed by atoms with Crippen LogP contribution in [0.2, 0.25) is 0 Å². The Labute approximate surface area is 130 Å². The summed E-state index contributed by atoms with van der Waals surface area (Å²) in [5.74, 6) is -1.71. The Balaban J connectivity index is 2.12. The quantitative estimate of drug-likeness (QED) is 0.796. The average molecular weight is 314 g/mol. The monoisotopic (exact) mass is 314 g/mol. The molecule has 0 atom stereocenters. The maximum atomic E-state index is 13.2. The van der Waals surface area contributed by atoms with Gasteiger partial charge in [0.05, 0.1) is 18.1 Å². The first-order valence-electron chi connectivity index (χ1n) is 6.60. The van der Waals surface area contributed by atoms with Crippen molar-refractivity contribution < 1.29 is 23.8 Å². The summed E-state index contributed by atoms with van der Waals surface area (Å²) in [4.78, 5) is 19.6. The van der Waals surface area contributed by atoms with Crippen LogP contribution in [0.4, 0.5) is 4.39 Å². The van der Waals surface area contributed by atoms with Crippen LogP contribution >= 0.6 is 0 Å². The third-order valence-corrected chi connectivity index (χ3v) is 3.07. The number of benzene rings is 2. The lowest BCUT2D eigenvalue weighted by Crippen LogP contribution is -2.06. The van der Waals surface area contributed by atoms with Crippen LogP contribution in [0.15, 0.2) is 42.5 Å². The summed E-state index contributed by atoms with van der Waals surface area (Å²) in [6.07, 6.45) is 0. The van der Waals surface area contributed by atoms with Gasteiger partial charge in [0.25, 0.3) is 5.88 Å². The Morgan fingerprint density at radius 3 is 2.43 bits per heavy atom. The number of methoxy groups -OCH3 is 1. The molecule has 0 bridgehead atoms. The zero-order valence-corrected chi connectivity index (χ0v) is 12.0. The van der Waals surface area contributed by atoms with Gasteiger partial charge in [-0.1, -0.05) is 12.1 Å². The molecule has 0 amide bonds. The molecular formula is C16H11FN2O4. The summed E-state index contributed by atoms with van der Waals surface area (Å²) >= 11 is 0. The molecule has 0 aliphatic heterocycles. The van der Waals surface area contributed by atoms with Crippen LogP contribution in [0.1, 0.15) is 10.5 Å². The number of carbonyl (C=O) groups is 1. The molecule has 0 aliphatic rings. The molecule has 0 fully saturated rings. The summed E-state index contributed by atoms with van der Waals surface area (Å²) in [6.45, 7) is 0. The van der Waals surface area contributed by atoms with Gasteiger partial charge in [-0.2, -0.15) is 0 Å². The number of ether oxygens (including phenoxy) is 2. The molecule has 0 aliphatic carbocycles. The number of aromatic carboxylic acids is 1. The van der Waals surface area contributed by atoms with Gasteiger partial charge >= 0.3 is 5.97 Å². The fraction of sp³-hybridized carbons (Fsp3) is 0.0625. The van der Waals surface area contributed by atoms with E-state index < -0.39 is 11.8 Å². The maximum absolute atomic E-state index is 13.2. The Hall–Kier alpha value is -3.22. The molecule has 0 unspecified atom stereocenters.